The van der Waals surface area contributed by atoms with Crippen LogP contribution in [0, 0.1) is 0 Å². The monoisotopic (exact) mass is 293 g/mol. The van der Waals surface area contributed by atoms with Gasteiger partial charge in [0.15, 0.2) is 6.87 Å². The zero-order valence-corrected chi connectivity index (χ0v) is 10.2. The van der Waals surface area contributed by atoms with E-state index in [-0.39, 0.29) is 25.9 Å². The Bertz CT molecular complexity index is 338. The Morgan fingerprint density at radius 3 is 2.24 bits per heavy atom. The lowest BCUT2D eigenvalue weighted by Gasteiger charge is -2.37. The van der Waals surface area contributed by atoms with Crippen molar-refractivity contribution in [1.82, 2.24) is 9.99 Å². The van der Waals surface area contributed by atoms with Gasteiger partial charge in [-0.3, -0.25) is 9.46 Å². The molecule has 1 amide bonds. The van der Waals surface area contributed by atoms with Crippen LogP contribution in [-0.4, -0.2) is 35.9 Å². The number of hydrogen-bond acceptors (Lipinski definition) is 3. The molecular weight excluding hydrogens is 284 g/mol. The molecule has 5 nitrogen and oxygen atoms in total. The average Bonchev–Trinajstić information content (AvgIpc) is 2.15. The van der Waals surface area contributed by atoms with Crippen molar-refractivity contribution in [3.05, 3.63) is 0 Å². The molecule has 0 aromatic carbocycles. The van der Waals surface area contributed by atoms with Gasteiger partial charge in [-0.15, -0.1) is 0 Å². The number of carbonyl (C=O) groups is 1. The fourth-order valence-electron chi connectivity index (χ4n) is 1.52. The highest BCUT2D eigenvalue weighted by molar-refractivity contribution is 7.81. The maximum atomic E-state index is 11.9. The van der Waals surface area contributed by atoms with Gasteiger partial charge in [-0.1, -0.05) is 11.2 Å². The topological polar surface area (TPSA) is 72.5 Å². The number of amides is 1. The summed E-state index contributed by atoms with van der Waals surface area (Å²) >= 11 is 5.10. The molecule has 1 aliphatic rings. The summed E-state index contributed by atoms with van der Waals surface area (Å²) in [5, 5.41) is 1.81. The number of halogens is 4. The van der Waals surface area contributed by atoms with E-state index in [1.807, 2.05) is 0 Å². The van der Waals surface area contributed by atoms with Gasteiger partial charge >= 0.3 is 12.1 Å². The minimum atomic E-state index is -4.92. The highest BCUT2D eigenvalue weighted by Gasteiger charge is 2.40. The van der Waals surface area contributed by atoms with Gasteiger partial charge in [0.25, 0.3) is 0 Å². The van der Waals surface area contributed by atoms with Gasteiger partial charge in [0.2, 0.25) is 0 Å². The molecule has 0 aliphatic carbocycles. The van der Waals surface area contributed by atoms with E-state index in [4.69, 9.17) is 11.2 Å². The third kappa shape index (κ3) is 4.46. The van der Waals surface area contributed by atoms with Crippen molar-refractivity contribution in [2.75, 3.05) is 13.1 Å². The van der Waals surface area contributed by atoms with Crippen molar-refractivity contribution in [3.63, 3.8) is 0 Å². The van der Waals surface area contributed by atoms with Crippen molar-refractivity contribution >= 4 is 24.0 Å². The van der Waals surface area contributed by atoms with Crippen molar-refractivity contribution < 1.29 is 27.4 Å². The van der Waals surface area contributed by atoms with Gasteiger partial charge in [0.05, 0.1) is 0 Å². The van der Waals surface area contributed by atoms with Gasteiger partial charge in [0, 0.05) is 19.1 Å². The molecule has 10 heteroatoms. The number of hydrogen-bond donors (Lipinski definition) is 1. The Labute approximate surface area is 100 Å². The second-order valence-corrected chi connectivity index (χ2v) is 6.40. The van der Waals surface area contributed by atoms with Crippen LogP contribution in [0.1, 0.15) is 12.8 Å². The second-order valence-electron chi connectivity index (χ2n) is 3.65. The molecule has 1 saturated heterocycles. The number of nitrogens with one attached hydrogen (secondary N) is 1. The van der Waals surface area contributed by atoms with Crippen molar-refractivity contribution in [2.24, 2.45) is 0 Å². The van der Waals surface area contributed by atoms with E-state index < -0.39 is 25.0 Å². The van der Waals surface area contributed by atoms with Gasteiger partial charge < -0.3 is 14.8 Å². The van der Waals surface area contributed by atoms with Crippen LogP contribution in [0.5, 0.6) is 0 Å². The molecular formula is C7H10ClF3N2O3P-. The lowest BCUT2D eigenvalue weighted by Crippen LogP contribution is -2.48. The van der Waals surface area contributed by atoms with Crippen LogP contribution < -0.4 is 10.2 Å². The molecule has 1 atom stereocenters. The number of rotatable bonds is 2. The molecule has 1 fully saturated rings. The van der Waals surface area contributed by atoms with Gasteiger partial charge in [0.1, 0.15) is 0 Å². The van der Waals surface area contributed by atoms with Gasteiger partial charge in [-0.05, 0) is 12.8 Å². The number of alkyl halides is 3. The maximum absolute atomic E-state index is 11.9. The quantitative estimate of drug-likeness (QED) is 0.766. The van der Waals surface area contributed by atoms with Crippen molar-refractivity contribution in [2.45, 2.75) is 25.1 Å². The molecule has 0 radical (unpaired) electrons. The highest BCUT2D eigenvalue weighted by Crippen LogP contribution is 2.47. The summed E-state index contributed by atoms with van der Waals surface area (Å²) in [6, 6.07) is -0.677. The summed E-state index contributed by atoms with van der Waals surface area (Å²) < 4.78 is 47.7. The number of piperidine rings is 1. The molecule has 1 heterocycles. The fourth-order valence-corrected chi connectivity index (χ4v) is 2.68. The summed E-state index contributed by atoms with van der Waals surface area (Å²) in [4.78, 5) is 21.5. The Morgan fingerprint density at radius 1 is 1.41 bits per heavy atom. The van der Waals surface area contributed by atoms with Crippen LogP contribution in [0.3, 0.4) is 0 Å². The van der Waals surface area contributed by atoms with Gasteiger partial charge in [-0.2, -0.15) is 13.2 Å². The lowest BCUT2D eigenvalue weighted by atomic mass is 10.1. The minimum absolute atomic E-state index is 0.00703. The van der Waals surface area contributed by atoms with Crippen molar-refractivity contribution in [1.29, 1.82) is 0 Å². The predicted octanol–water partition coefficient (Wildman–Crippen LogP) is 0.837. The van der Waals surface area contributed by atoms with Gasteiger partial charge in [-0.25, -0.2) is 0 Å². The second kappa shape index (κ2) is 5.14. The molecule has 0 saturated carbocycles. The molecule has 17 heavy (non-hydrogen) atoms. The van der Waals surface area contributed by atoms with E-state index in [0.29, 0.717) is 0 Å². The molecule has 0 bridgehead atoms. The van der Waals surface area contributed by atoms with Crippen LogP contribution in [0.15, 0.2) is 0 Å². The number of carbonyl (C=O) groups excluding carboxylic acids is 1. The van der Waals surface area contributed by atoms with Crippen LogP contribution >= 0.6 is 18.1 Å². The molecule has 0 aromatic heterocycles. The minimum Gasteiger partial charge on any atom is -0.776 e. The Morgan fingerprint density at radius 2 is 1.88 bits per heavy atom. The highest BCUT2D eigenvalue weighted by atomic mass is 35.7. The maximum Gasteiger partial charge on any atom is 0.471 e. The van der Waals surface area contributed by atoms with Crippen LogP contribution in [0.2, 0.25) is 0 Å². The van der Waals surface area contributed by atoms with E-state index in [1.54, 1.807) is 5.32 Å². The third-order valence-corrected chi connectivity index (χ3v) is 4.12. The number of nitrogens with zero attached hydrogens (tertiary/aromatic N) is 1. The van der Waals surface area contributed by atoms with Crippen LogP contribution in [0.25, 0.3) is 0 Å². The summed E-state index contributed by atoms with van der Waals surface area (Å²) in [5.74, 6) is -2.01. The van der Waals surface area contributed by atoms with Crippen molar-refractivity contribution in [3.8, 4) is 0 Å². The lowest BCUT2D eigenvalue weighted by molar-refractivity contribution is -0.181. The molecule has 0 spiro atoms. The van der Waals surface area contributed by atoms with E-state index in [9.17, 15) is 27.4 Å². The molecule has 100 valence electrons. The normalized spacial score (nSPS) is 23.1. The van der Waals surface area contributed by atoms with E-state index in [1.165, 1.54) is 0 Å². The summed E-state index contributed by atoms with van der Waals surface area (Å²) in [5.41, 5.74) is 0. The Balaban J connectivity index is 2.43. The van der Waals surface area contributed by atoms with E-state index in [0.717, 1.165) is 4.67 Å². The summed E-state index contributed by atoms with van der Waals surface area (Å²) in [6.45, 7) is -4.10. The third-order valence-electron chi connectivity index (χ3n) is 2.40. The van der Waals surface area contributed by atoms with E-state index in [2.05, 4.69) is 0 Å². The summed E-state index contributed by atoms with van der Waals surface area (Å²) in [6.07, 6.45) is -4.70. The summed E-state index contributed by atoms with van der Waals surface area (Å²) in [7, 11) is 0. The van der Waals surface area contributed by atoms with Crippen LogP contribution in [0.4, 0.5) is 13.2 Å². The first-order chi connectivity index (χ1) is 7.60. The first-order valence-corrected chi connectivity index (χ1v) is 7.23. The first-order valence-electron chi connectivity index (χ1n) is 4.74. The SMILES string of the molecule is O=C(NC1CCN(P(=O)([O-])Cl)CC1)C(F)(F)F. The standard InChI is InChI=1S/C7H11ClF3N2O3P/c8-17(15,16)13-3-1-5(2-4-13)12-6(14)7(9,10)11/h5H,1-4H2,(H,12,14)(H,15,16)/p-1. The largest absolute Gasteiger partial charge is 0.776 e. The molecule has 1 N–H and O–H groups in total. The smallest absolute Gasteiger partial charge is 0.471 e. The Kier molecular flexibility index (Phi) is 4.46. The van der Waals surface area contributed by atoms with E-state index >= 15 is 0 Å². The molecule has 1 rings (SSSR count). The fraction of sp³-hybridized carbons (Fsp3) is 0.857. The zero-order valence-electron chi connectivity index (χ0n) is 8.54. The Hall–Kier alpha value is -0.300. The first kappa shape index (κ1) is 14.8. The average molecular weight is 294 g/mol. The molecule has 0 aromatic rings. The molecule has 1 aliphatic heterocycles. The van der Waals surface area contributed by atoms with Crippen LogP contribution in [-0.2, 0) is 9.36 Å². The zero-order chi connectivity index (χ0) is 13.3. The predicted molar refractivity (Wildman–Crippen MR) is 52.3 cm³/mol. The molecule has 1 unspecified atom stereocenters.